The monoisotopic (exact) mass is 228 g/mol. The molecule has 1 saturated carbocycles. The molecule has 0 spiro atoms. The molecule has 3 heteroatoms. The zero-order valence-electron chi connectivity index (χ0n) is 10.7. The van der Waals surface area contributed by atoms with Crippen LogP contribution >= 0.6 is 0 Å². The zero-order valence-corrected chi connectivity index (χ0v) is 11.7. The summed E-state index contributed by atoms with van der Waals surface area (Å²) in [5.74, 6) is 0.908. The number of carbonyl (C=O) groups excluding carboxylic acids is 1. The minimum Gasteiger partial charge on any atom is -0.417 e. The van der Waals surface area contributed by atoms with E-state index in [1.165, 1.54) is 0 Å². The molecule has 0 radical (unpaired) electrons. The summed E-state index contributed by atoms with van der Waals surface area (Å²) in [4.78, 5) is 11.1. The maximum atomic E-state index is 11.1. The molecule has 1 aliphatic rings. The lowest BCUT2D eigenvalue weighted by molar-refractivity contribution is -0.117. The van der Waals surface area contributed by atoms with Crippen LogP contribution in [0, 0.1) is 5.92 Å². The number of rotatable bonds is 3. The van der Waals surface area contributed by atoms with Gasteiger partial charge in [0.15, 0.2) is 8.32 Å². The van der Waals surface area contributed by atoms with E-state index in [-0.39, 0.29) is 5.04 Å². The molecule has 1 rings (SSSR count). The van der Waals surface area contributed by atoms with Crippen molar-refractivity contribution in [3.63, 3.8) is 0 Å². The van der Waals surface area contributed by atoms with Gasteiger partial charge in [-0.25, -0.2) is 0 Å². The molecular weight excluding hydrogens is 204 g/mol. The number of hydrogen-bond donors (Lipinski definition) is 0. The lowest BCUT2D eigenvalue weighted by Gasteiger charge is -2.36. The van der Waals surface area contributed by atoms with Crippen molar-refractivity contribution in [1.29, 1.82) is 0 Å². The van der Waals surface area contributed by atoms with Gasteiger partial charge < -0.3 is 4.43 Å². The van der Waals surface area contributed by atoms with E-state index in [1.54, 1.807) is 0 Å². The first-order chi connectivity index (χ1) is 6.72. The highest BCUT2D eigenvalue weighted by Crippen LogP contribution is 2.37. The molecule has 0 aromatic rings. The van der Waals surface area contributed by atoms with Crippen molar-refractivity contribution in [2.75, 3.05) is 6.61 Å². The minimum absolute atomic E-state index is 0.273. The van der Waals surface area contributed by atoms with Gasteiger partial charge in [0.1, 0.15) is 5.78 Å². The third-order valence-corrected chi connectivity index (χ3v) is 8.33. The Kier molecular flexibility index (Phi) is 3.77. The molecule has 0 aromatic heterocycles. The average Bonchev–Trinajstić information content (AvgIpc) is 2.46. The van der Waals surface area contributed by atoms with Gasteiger partial charge in [-0.3, -0.25) is 4.79 Å². The first-order valence-corrected chi connectivity index (χ1v) is 8.79. The minimum atomic E-state index is -1.61. The van der Waals surface area contributed by atoms with Gasteiger partial charge >= 0.3 is 0 Å². The van der Waals surface area contributed by atoms with Gasteiger partial charge in [0, 0.05) is 19.4 Å². The first-order valence-electron chi connectivity index (χ1n) is 5.88. The summed E-state index contributed by atoms with van der Waals surface area (Å²) < 4.78 is 6.11. The summed E-state index contributed by atoms with van der Waals surface area (Å²) >= 11 is 0. The van der Waals surface area contributed by atoms with Gasteiger partial charge in [-0.05, 0) is 30.5 Å². The van der Waals surface area contributed by atoms with E-state index in [1.807, 2.05) is 0 Å². The molecule has 1 fully saturated rings. The summed E-state index contributed by atoms with van der Waals surface area (Å²) in [5.41, 5.74) is 0. The highest BCUT2D eigenvalue weighted by molar-refractivity contribution is 6.74. The fraction of sp³-hybridized carbons (Fsp3) is 0.917. The SMILES string of the molecule is CC(C)(C)[Si](C)(C)OC[C@H]1CCC(=O)C1. The molecule has 0 aliphatic heterocycles. The second-order valence-electron chi connectivity index (χ2n) is 6.22. The molecule has 0 heterocycles. The van der Waals surface area contributed by atoms with Gasteiger partial charge in [0.05, 0.1) is 0 Å². The van der Waals surface area contributed by atoms with Gasteiger partial charge in [0.25, 0.3) is 0 Å². The van der Waals surface area contributed by atoms with Crippen molar-refractivity contribution < 1.29 is 9.22 Å². The highest BCUT2D eigenvalue weighted by Gasteiger charge is 2.38. The van der Waals surface area contributed by atoms with Crippen LogP contribution in [0.4, 0.5) is 0 Å². The highest BCUT2D eigenvalue weighted by atomic mass is 28.4. The average molecular weight is 228 g/mol. The van der Waals surface area contributed by atoms with Crippen molar-refractivity contribution >= 4 is 14.1 Å². The summed E-state index contributed by atoms with van der Waals surface area (Å²) in [6.07, 6.45) is 2.55. The molecule has 15 heavy (non-hydrogen) atoms. The summed E-state index contributed by atoms with van der Waals surface area (Å²) in [7, 11) is -1.61. The van der Waals surface area contributed by atoms with E-state index in [4.69, 9.17) is 4.43 Å². The van der Waals surface area contributed by atoms with E-state index in [0.717, 1.165) is 25.9 Å². The molecular formula is C12H24O2Si. The summed E-state index contributed by atoms with van der Waals surface area (Å²) in [6.45, 7) is 12.1. The molecule has 0 amide bonds. The molecule has 0 saturated heterocycles. The predicted octanol–water partition coefficient (Wildman–Crippen LogP) is 3.38. The van der Waals surface area contributed by atoms with E-state index < -0.39 is 8.32 Å². The van der Waals surface area contributed by atoms with Crippen molar-refractivity contribution in [2.24, 2.45) is 5.92 Å². The number of hydrogen-bond acceptors (Lipinski definition) is 2. The van der Waals surface area contributed by atoms with Gasteiger partial charge in [-0.15, -0.1) is 0 Å². The second-order valence-corrected chi connectivity index (χ2v) is 11.0. The van der Waals surface area contributed by atoms with Crippen LogP contribution in [0.5, 0.6) is 0 Å². The van der Waals surface area contributed by atoms with Crippen molar-refractivity contribution in [3.8, 4) is 0 Å². The van der Waals surface area contributed by atoms with E-state index in [2.05, 4.69) is 33.9 Å². The van der Waals surface area contributed by atoms with Gasteiger partial charge in [-0.1, -0.05) is 20.8 Å². The molecule has 2 nitrogen and oxygen atoms in total. The Bertz CT molecular complexity index is 240. The van der Waals surface area contributed by atoms with Crippen LogP contribution in [0.3, 0.4) is 0 Å². The Morgan fingerprint density at radius 2 is 2.00 bits per heavy atom. The quantitative estimate of drug-likeness (QED) is 0.692. The van der Waals surface area contributed by atoms with Crippen LogP contribution in [0.2, 0.25) is 18.1 Å². The Labute approximate surface area is 94.5 Å². The van der Waals surface area contributed by atoms with Crippen LogP contribution in [-0.4, -0.2) is 20.7 Å². The Morgan fingerprint density at radius 1 is 1.40 bits per heavy atom. The normalized spacial score (nSPS) is 23.5. The molecule has 0 aromatic carbocycles. The smallest absolute Gasteiger partial charge is 0.191 e. The standard InChI is InChI=1S/C12H24O2Si/c1-12(2,3)15(4,5)14-9-10-6-7-11(13)8-10/h10H,6-9H2,1-5H3/t10-/m0/s1. The lowest BCUT2D eigenvalue weighted by atomic mass is 10.1. The second kappa shape index (κ2) is 4.38. The fourth-order valence-corrected chi connectivity index (χ4v) is 2.66. The molecule has 1 atom stereocenters. The molecule has 88 valence electrons. The summed E-state index contributed by atoms with van der Waals surface area (Å²) in [6, 6.07) is 0. The van der Waals surface area contributed by atoms with Crippen molar-refractivity contribution in [1.82, 2.24) is 0 Å². The van der Waals surface area contributed by atoms with Gasteiger partial charge in [-0.2, -0.15) is 0 Å². The molecule has 0 N–H and O–H groups in total. The molecule has 0 unspecified atom stereocenters. The van der Waals surface area contributed by atoms with Crippen LogP contribution in [0.1, 0.15) is 40.0 Å². The largest absolute Gasteiger partial charge is 0.417 e. The van der Waals surface area contributed by atoms with Crippen LogP contribution in [0.15, 0.2) is 0 Å². The zero-order chi connectivity index (χ0) is 11.7. The molecule has 0 bridgehead atoms. The van der Waals surface area contributed by atoms with Crippen molar-refractivity contribution in [2.45, 2.75) is 58.2 Å². The lowest BCUT2D eigenvalue weighted by Crippen LogP contribution is -2.41. The first kappa shape index (κ1) is 12.9. The molecule has 1 aliphatic carbocycles. The van der Waals surface area contributed by atoms with E-state index in [9.17, 15) is 4.79 Å². The third-order valence-electron chi connectivity index (χ3n) is 3.83. The fourth-order valence-electron chi connectivity index (χ4n) is 1.58. The number of ketones is 1. The van der Waals surface area contributed by atoms with Crippen molar-refractivity contribution in [3.05, 3.63) is 0 Å². The Morgan fingerprint density at radius 3 is 2.40 bits per heavy atom. The van der Waals surface area contributed by atoms with Crippen LogP contribution in [0.25, 0.3) is 0 Å². The van der Waals surface area contributed by atoms with Crippen LogP contribution < -0.4 is 0 Å². The Balaban J connectivity index is 2.40. The maximum Gasteiger partial charge on any atom is 0.191 e. The summed E-state index contributed by atoms with van der Waals surface area (Å²) in [5, 5.41) is 0.273. The topological polar surface area (TPSA) is 26.3 Å². The predicted molar refractivity (Wildman–Crippen MR) is 65.5 cm³/mol. The van der Waals surface area contributed by atoms with Gasteiger partial charge in [0.2, 0.25) is 0 Å². The Hall–Kier alpha value is -0.153. The van der Waals surface area contributed by atoms with Crippen LogP contribution in [-0.2, 0) is 9.22 Å². The van der Waals surface area contributed by atoms with E-state index in [0.29, 0.717) is 11.7 Å². The third kappa shape index (κ3) is 3.42. The number of Topliss-reactive ketones (excluding diaryl/α,β-unsaturated/α-hetero) is 1. The number of carbonyl (C=O) groups is 1. The van der Waals surface area contributed by atoms with E-state index >= 15 is 0 Å². The maximum absolute atomic E-state index is 11.1.